The van der Waals surface area contributed by atoms with E-state index >= 15 is 0 Å². The van der Waals surface area contributed by atoms with Crippen LogP contribution in [-0.4, -0.2) is 46.1 Å². The van der Waals surface area contributed by atoms with Gasteiger partial charge in [0.2, 0.25) is 0 Å². The molecule has 2 N–H and O–H groups in total. The Morgan fingerprint density at radius 3 is 2.42 bits per heavy atom. The van der Waals surface area contributed by atoms with E-state index in [0.29, 0.717) is 11.7 Å². The first-order valence-corrected chi connectivity index (χ1v) is 12.2. The van der Waals surface area contributed by atoms with E-state index in [1.54, 1.807) is 0 Å². The minimum Gasteiger partial charge on any atom is -0.356 e. The molecular weight excluding hydrogens is 428 g/mol. The average Bonchev–Trinajstić information content (AvgIpc) is 2.82. The van der Waals surface area contributed by atoms with E-state index in [2.05, 4.69) is 72.1 Å². The first kappa shape index (κ1) is 24.9. The lowest BCUT2D eigenvalue weighted by atomic mass is 10.0. The Morgan fingerprint density at radius 1 is 1.06 bits per heavy atom. The van der Waals surface area contributed by atoms with Crippen LogP contribution in [0.4, 0.5) is 0 Å². The van der Waals surface area contributed by atoms with E-state index in [-0.39, 0.29) is 11.6 Å². The van der Waals surface area contributed by atoms with E-state index in [1.165, 1.54) is 11.1 Å². The number of hydrogen-bond donors (Lipinski definition) is 2. The molecule has 1 atom stereocenters. The van der Waals surface area contributed by atoms with Gasteiger partial charge in [-0.15, -0.1) is 0 Å². The van der Waals surface area contributed by atoms with Crippen LogP contribution in [-0.2, 0) is 6.54 Å². The smallest absolute Gasteiger partial charge is 0.253 e. The number of thiocarbonyl (C=S) groups is 1. The van der Waals surface area contributed by atoms with Crippen molar-refractivity contribution in [2.75, 3.05) is 26.2 Å². The van der Waals surface area contributed by atoms with Crippen LogP contribution in [0.2, 0.25) is 0 Å². The molecule has 0 bridgehead atoms. The first-order chi connectivity index (χ1) is 15.8. The number of aryl methyl sites for hydroxylation is 2. The van der Waals surface area contributed by atoms with Crippen LogP contribution in [0.3, 0.4) is 0 Å². The normalized spacial score (nSPS) is 12.2. The number of aromatic amines is 1. The van der Waals surface area contributed by atoms with Crippen LogP contribution >= 0.6 is 12.2 Å². The second kappa shape index (κ2) is 11.4. The van der Waals surface area contributed by atoms with Gasteiger partial charge in [0.15, 0.2) is 5.11 Å². The molecule has 0 saturated carbocycles. The predicted molar refractivity (Wildman–Crippen MR) is 143 cm³/mol. The summed E-state index contributed by atoms with van der Waals surface area (Å²) >= 11 is 5.84. The SMILES string of the molecule is CCN(CC)CCN(Cc1cc2ccc(C)c(C)c2[nH]c1=O)C(=S)N[C@@H](C)c1ccccc1. The lowest BCUT2D eigenvalue weighted by Crippen LogP contribution is -2.44. The van der Waals surface area contributed by atoms with Gasteiger partial charge in [-0.2, -0.15) is 0 Å². The van der Waals surface area contributed by atoms with Gasteiger partial charge in [-0.3, -0.25) is 4.79 Å². The molecule has 5 nitrogen and oxygen atoms in total. The molecule has 176 valence electrons. The molecule has 0 aliphatic carbocycles. The number of fused-ring (bicyclic) bond motifs is 1. The van der Waals surface area contributed by atoms with Gasteiger partial charge in [-0.05, 0) is 74.2 Å². The number of hydrogen-bond acceptors (Lipinski definition) is 3. The molecule has 0 fully saturated rings. The van der Waals surface area contributed by atoms with Crippen LogP contribution < -0.4 is 10.9 Å². The minimum atomic E-state index is -0.0528. The van der Waals surface area contributed by atoms with E-state index in [0.717, 1.165) is 48.2 Å². The third-order valence-corrected chi connectivity index (χ3v) is 6.87. The fraction of sp³-hybridized carbons (Fsp3) is 0.407. The van der Waals surface area contributed by atoms with Crippen molar-refractivity contribution in [2.45, 2.75) is 47.2 Å². The van der Waals surface area contributed by atoms with Gasteiger partial charge in [-0.1, -0.05) is 56.3 Å². The molecule has 33 heavy (non-hydrogen) atoms. The van der Waals surface area contributed by atoms with Gasteiger partial charge in [0.25, 0.3) is 5.56 Å². The molecule has 0 radical (unpaired) electrons. The Labute approximate surface area is 202 Å². The second-order valence-corrected chi connectivity index (χ2v) is 9.01. The zero-order valence-electron chi connectivity index (χ0n) is 20.4. The van der Waals surface area contributed by atoms with Crippen molar-refractivity contribution in [3.63, 3.8) is 0 Å². The van der Waals surface area contributed by atoms with Gasteiger partial charge in [0.1, 0.15) is 0 Å². The van der Waals surface area contributed by atoms with E-state index in [1.807, 2.05) is 31.2 Å². The summed E-state index contributed by atoms with van der Waals surface area (Å²) in [5.74, 6) is 0. The summed E-state index contributed by atoms with van der Waals surface area (Å²) < 4.78 is 0. The van der Waals surface area contributed by atoms with Crippen molar-refractivity contribution >= 4 is 28.2 Å². The monoisotopic (exact) mass is 464 g/mol. The van der Waals surface area contributed by atoms with E-state index < -0.39 is 0 Å². The van der Waals surface area contributed by atoms with Crippen molar-refractivity contribution in [3.8, 4) is 0 Å². The molecule has 1 aromatic heterocycles. The zero-order valence-corrected chi connectivity index (χ0v) is 21.3. The Morgan fingerprint density at radius 2 is 1.76 bits per heavy atom. The molecule has 0 unspecified atom stereocenters. The maximum Gasteiger partial charge on any atom is 0.253 e. The predicted octanol–water partition coefficient (Wildman–Crippen LogP) is 4.92. The maximum atomic E-state index is 13.0. The first-order valence-electron chi connectivity index (χ1n) is 11.8. The van der Waals surface area contributed by atoms with E-state index in [9.17, 15) is 4.79 Å². The lowest BCUT2D eigenvalue weighted by molar-refractivity contribution is 0.262. The van der Waals surface area contributed by atoms with Gasteiger partial charge in [-0.25, -0.2) is 0 Å². The summed E-state index contributed by atoms with van der Waals surface area (Å²) in [6, 6.07) is 16.5. The van der Waals surface area contributed by atoms with Crippen LogP contribution in [0.25, 0.3) is 10.9 Å². The number of likely N-dealkylation sites (N-methyl/N-ethyl adjacent to an activating group) is 1. The number of aromatic nitrogens is 1. The summed E-state index contributed by atoms with van der Waals surface area (Å²) in [6.07, 6.45) is 0. The summed E-state index contributed by atoms with van der Waals surface area (Å²) in [5, 5.41) is 5.19. The van der Waals surface area contributed by atoms with Crippen LogP contribution in [0.5, 0.6) is 0 Å². The fourth-order valence-electron chi connectivity index (χ4n) is 4.05. The topological polar surface area (TPSA) is 51.4 Å². The van der Waals surface area contributed by atoms with Crippen molar-refractivity contribution in [1.29, 1.82) is 0 Å². The van der Waals surface area contributed by atoms with Crippen molar-refractivity contribution in [2.24, 2.45) is 0 Å². The molecule has 0 spiro atoms. The molecule has 3 rings (SSSR count). The molecule has 0 saturated heterocycles. The number of rotatable bonds is 9. The Hall–Kier alpha value is -2.70. The third-order valence-electron chi connectivity index (χ3n) is 6.50. The molecule has 0 aliphatic heterocycles. The largest absolute Gasteiger partial charge is 0.356 e. The maximum absolute atomic E-state index is 13.0. The molecule has 6 heteroatoms. The minimum absolute atomic E-state index is 0.0528. The average molecular weight is 465 g/mol. The Bertz CT molecular complexity index is 1140. The molecule has 2 aromatic carbocycles. The number of nitrogens with zero attached hydrogens (tertiary/aromatic N) is 2. The Kier molecular flexibility index (Phi) is 8.64. The third kappa shape index (κ3) is 6.21. The van der Waals surface area contributed by atoms with Gasteiger partial charge in [0.05, 0.1) is 18.1 Å². The second-order valence-electron chi connectivity index (χ2n) is 8.63. The lowest BCUT2D eigenvalue weighted by Gasteiger charge is -2.30. The summed E-state index contributed by atoms with van der Waals surface area (Å²) in [4.78, 5) is 20.6. The Balaban J connectivity index is 1.86. The van der Waals surface area contributed by atoms with Gasteiger partial charge in [0, 0.05) is 18.7 Å². The number of benzene rings is 2. The highest BCUT2D eigenvalue weighted by molar-refractivity contribution is 7.80. The van der Waals surface area contributed by atoms with Gasteiger partial charge >= 0.3 is 0 Å². The van der Waals surface area contributed by atoms with Crippen molar-refractivity contribution in [1.82, 2.24) is 20.1 Å². The quantitative estimate of drug-likeness (QED) is 0.440. The number of pyridine rings is 1. The highest BCUT2D eigenvalue weighted by Crippen LogP contribution is 2.20. The van der Waals surface area contributed by atoms with Crippen molar-refractivity contribution < 1.29 is 0 Å². The molecule has 3 aromatic rings. The standard InChI is InChI=1S/C27H36N4OS/c1-6-30(7-2)15-16-31(27(33)28-21(5)22-11-9-8-10-12-22)18-24-17-23-14-13-19(3)20(4)25(23)29-26(24)32/h8-14,17,21H,6-7,15-16,18H2,1-5H3,(H,28,33)(H,29,32)/t21-/m0/s1. The van der Waals surface area contributed by atoms with Crippen molar-refractivity contribution in [3.05, 3.63) is 81.1 Å². The summed E-state index contributed by atoms with van der Waals surface area (Å²) in [7, 11) is 0. The molecule has 0 aliphatic rings. The van der Waals surface area contributed by atoms with Gasteiger partial charge < -0.3 is 20.1 Å². The highest BCUT2D eigenvalue weighted by Gasteiger charge is 2.17. The zero-order chi connectivity index (χ0) is 24.0. The number of H-pyrrole nitrogens is 1. The number of nitrogens with one attached hydrogen (secondary N) is 2. The van der Waals surface area contributed by atoms with E-state index in [4.69, 9.17) is 12.2 Å². The molecule has 0 amide bonds. The molecule has 1 heterocycles. The summed E-state index contributed by atoms with van der Waals surface area (Å²) in [5.41, 5.74) is 5.05. The van der Waals surface area contributed by atoms with Crippen LogP contribution in [0.15, 0.2) is 53.3 Å². The van der Waals surface area contributed by atoms with Crippen LogP contribution in [0, 0.1) is 13.8 Å². The fourth-order valence-corrected chi connectivity index (χ4v) is 4.38. The summed E-state index contributed by atoms with van der Waals surface area (Å²) in [6.45, 7) is 14.6. The van der Waals surface area contributed by atoms with Crippen LogP contribution in [0.1, 0.15) is 49.1 Å². The highest BCUT2D eigenvalue weighted by atomic mass is 32.1. The molecular formula is C27H36N4OS.